The molecule has 4 aromatic rings. The van der Waals surface area contributed by atoms with Gasteiger partial charge in [0.1, 0.15) is 5.82 Å². The fourth-order valence-electron chi connectivity index (χ4n) is 2.52. The molecule has 2 heterocycles. The Morgan fingerprint density at radius 3 is 2.81 bits per heavy atom. The molecule has 2 N–H and O–H groups in total. The van der Waals surface area contributed by atoms with Crippen LogP contribution in [0.4, 0.5) is 5.69 Å². The van der Waals surface area contributed by atoms with Crippen LogP contribution in [0, 0.1) is 0 Å². The molecule has 2 aromatic carbocycles. The average molecular weight is 274 g/mol. The van der Waals surface area contributed by atoms with Crippen molar-refractivity contribution in [3.8, 4) is 11.4 Å². The lowest BCUT2D eigenvalue weighted by molar-refractivity contribution is 1.33. The Morgan fingerprint density at radius 2 is 1.90 bits per heavy atom. The molecule has 0 radical (unpaired) electrons. The van der Waals surface area contributed by atoms with E-state index >= 15 is 0 Å². The number of nitrogens with zero attached hydrogens (tertiary/aromatic N) is 2. The Labute approximate surface area is 121 Å². The predicted molar refractivity (Wildman–Crippen MR) is 86.4 cm³/mol. The number of pyridine rings is 1. The summed E-state index contributed by atoms with van der Waals surface area (Å²) in [5, 5.41) is 4.25. The van der Waals surface area contributed by atoms with Gasteiger partial charge in [0.25, 0.3) is 0 Å². The highest BCUT2D eigenvalue weighted by Crippen LogP contribution is 2.25. The SMILES string of the molecule is CNc1ccc2nc(-c3ccc4ncccc4c3)[nH]c2c1. The van der Waals surface area contributed by atoms with Crippen molar-refractivity contribution in [3.63, 3.8) is 0 Å². The number of imidazole rings is 1. The summed E-state index contributed by atoms with van der Waals surface area (Å²) in [4.78, 5) is 12.4. The number of aromatic amines is 1. The minimum Gasteiger partial charge on any atom is -0.388 e. The highest BCUT2D eigenvalue weighted by atomic mass is 14.9. The van der Waals surface area contributed by atoms with Gasteiger partial charge in [0.15, 0.2) is 0 Å². The van der Waals surface area contributed by atoms with E-state index in [1.54, 1.807) is 0 Å². The van der Waals surface area contributed by atoms with Crippen LogP contribution in [0.15, 0.2) is 54.7 Å². The second kappa shape index (κ2) is 4.59. The van der Waals surface area contributed by atoms with Crippen molar-refractivity contribution in [2.24, 2.45) is 0 Å². The third-order valence-corrected chi connectivity index (χ3v) is 3.65. The van der Waals surface area contributed by atoms with Gasteiger partial charge in [0.2, 0.25) is 0 Å². The van der Waals surface area contributed by atoms with Gasteiger partial charge in [0, 0.05) is 29.9 Å². The van der Waals surface area contributed by atoms with E-state index in [1.165, 1.54) is 0 Å². The maximum Gasteiger partial charge on any atom is 0.138 e. The highest BCUT2D eigenvalue weighted by Gasteiger charge is 2.06. The van der Waals surface area contributed by atoms with Gasteiger partial charge in [-0.05, 0) is 42.5 Å². The van der Waals surface area contributed by atoms with Crippen LogP contribution < -0.4 is 5.32 Å². The number of hydrogen-bond donors (Lipinski definition) is 2. The number of H-pyrrole nitrogens is 1. The van der Waals surface area contributed by atoms with Crippen molar-refractivity contribution >= 4 is 27.6 Å². The summed E-state index contributed by atoms with van der Waals surface area (Å²) in [5.74, 6) is 0.879. The molecule has 0 bridgehead atoms. The minimum absolute atomic E-state index is 0.879. The summed E-state index contributed by atoms with van der Waals surface area (Å²) in [6.07, 6.45) is 1.81. The number of aromatic nitrogens is 3. The van der Waals surface area contributed by atoms with E-state index in [9.17, 15) is 0 Å². The smallest absolute Gasteiger partial charge is 0.138 e. The molecule has 0 fully saturated rings. The Bertz CT molecular complexity index is 940. The van der Waals surface area contributed by atoms with Gasteiger partial charge in [-0.1, -0.05) is 6.07 Å². The molecule has 0 spiro atoms. The van der Waals surface area contributed by atoms with Crippen LogP contribution >= 0.6 is 0 Å². The molecule has 0 unspecified atom stereocenters. The van der Waals surface area contributed by atoms with E-state index in [0.29, 0.717) is 0 Å². The van der Waals surface area contributed by atoms with Gasteiger partial charge >= 0.3 is 0 Å². The first-order chi connectivity index (χ1) is 10.3. The first-order valence-corrected chi connectivity index (χ1v) is 6.86. The molecular formula is C17H14N4. The quantitative estimate of drug-likeness (QED) is 0.584. The molecule has 0 aliphatic heterocycles. The summed E-state index contributed by atoms with van der Waals surface area (Å²) in [5.41, 5.74) is 5.13. The van der Waals surface area contributed by atoms with Gasteiger partial charge < -0.3 is 10.3 Å². The normalized spacial score (nSPS) is 11.1. The van der Waals surface area contributed by atoms with Crippen molar-refractivity contribution in [1.82, 2.24) is 15.0 Å². The van der Waals surface area contributed by atoms with E-state index < -0.39 is 0 Å². The molecule has 0 saturated heterocycles. The second-order valence-corrected chi connectivity index (χ2v) is 4.98. The largest absolute Gasteiger partial charge is 0.388 e. The number of fused-ring (bicyclic) bond motifs is 2. The number of benzene rings is 2. The van der Waals surface area contributed by atoms with Gasteiger partial charge in [-0.2, -0.15) is 0 Å². The Hall–Kier alpha value is -2.88. The van der Waals surface area contributed by atoms with Crippen LogP contribution in [0.3, 0.4) is 0 Å². The molecule has 0 saturated carbocycles. The van der Waals surface area contributed by atoms with Gasteiger partial charge in [-0.3, -0.25) is 4.98 Å². The zero-order valence-corrected chi connectivity index (χ0v) is 11.6. The summed E-state index contributed by atoms with van der Waals surface area (Å²) in [7, 11) is 1.91. The van der Waals surface area contributed by atoms with E-state index in [1.807, 2.05) is 43.6 Å². The molecular weight excluding hydrogens is 260 g/mol. The standard InChI is InChI=1S/C17H14N4/c1-18-13-5-7-15-16(10-13)21-17(20-15)12-4-6-14-11(9-12)3-2-8-19-14/h2-10,18H,1H3,(H,20,21). The molecule has 0 atom stereocenters. The fraction of sp³-hybridized carbons (Fsp3) is 0.0588. The van der Waals surface area contributed by atoms with E-state index in [2.05, 4.69) is 38.5 Å². The van der Waals surface area contributed by atoms with E-state index in [0.717, 1.165) is 39.0 Å². The maximum atomic E-state index is 4.66. The zero-order valence-electron chi connectivity index (χ0n) is 11.6. The number of nitrogens with one attached hydrogen (secondary N) is 2. The molecule has 4 nitrogen and oxygen atoms in total. The molecule has 4 heteroatoms. The van der Waals surface area contributed by atoms with Crippen molar-refractivity contribution in [3.05, 3.63) is 54.7 Å². The second-order valence-electron chi connectivity index (χ2n) is 4.98. The van der Waals surface area contributed by atoms with E-state index in [-0.39, 0.29) is 0 Å². The summed E-state index contributed by atoms with van der Waals surface area (Å²) in [6, 6.07) is 16.3. The molecule has 0 aliphatic carbocycles. The maximum absolute atomic E-state index is 4.66. The molecule has 102 valence electrons. The Morgan fingerprint density at radius 1 is 1.00 bits per heavy atom. The lowest BCUT2D eigenvalue weighted by Crippen LogP contribution is -1.86. The van der Waals surface area contributed by atoms with Crippen molar-refractivity contribution < 1.29 is 0 Å². The highest BCUT2D eigenvalue weighted by molar-refractivity contribution is 5.86. The lowest BCUT2D eigenvalue weighted by atomic mass is 10.1. The van der Waals surface area contributed by atoms with Crippen LogP contribution in [-0.2, 0) is 0 Å². The van der Waals surface area contributed by atoms with Crippen molar-refractivity contribution in [2.75, 3.05) is 12.4 Å². The molecule has 4 rings (SSSR count). The topological polar surface area (TPSA) is 53.6 Å². The average Bonchev–Trinajstić information content (AvgIpc) is 2.97. The molecule has 0 aliphatic rings. The van der Waals surface area contributed by atoms with Crippen molar-refractivity contribution in [1.29, 1.82) is 0 Å². The molecule has 21 heavy (non-hydrogen) atoms. The number of anilines is 1. The van der Waals surface area contributed by atoms with Crippen LogP contribution in [0.1, 0.15) is 0 Å². The molecule has 2 aromatic heterocycles. The van der Waals surface area contributed by atoms with Gasteiger partial charge in [0.05, 0.1) is 16.6 Å². The first kappa shape index (κ1) is 11.9. The number of rotatable bonds is 2. The van der Waals surface area contributed by atoms with Crippen LogP contribution in [0.5, 0.6) is 0 Å². The predicted octanol–water partition coefficient (Wildman–Crippen LogP) is 3.82. The van der Waals surface area contributed by atoms with E-state index in [4.69, 9.17) is 0 Å². The van der Waals surface area contributed by atoms with Crippen molar-refractivity contribution in [2.45, 2.75) is 0 Å². The summed E-state index contributed by atoms with van der Waals surface area (Å²) in [6.45, 7) is 0. The Kier molecular flexibility index (Phi) is 2.60. The zero-order chi connectivity index (χ0) is 14.2. The first-order valence-electron chi connectivity index (χ1n) is 6.86. The summed E-state index contributed by atoms with van der Waals surface area (Å²) >= 11 is 0. The lowest BCUT2D eigenvalue weighted by Gasteiger charge is -2.00. The number of hydrogen-bond acceptors (Lipinski definition) is 3. The van der Waals surface area contributed by atoms with Gasteiger partial charge in [-0.25, -0.2) is 4.98 Å². The van der Waals surface area contributed by atoms with Gasteiger partial charge in [-0.15, -0.1) is 0 Å². The van der Waals surface area contributed by atoms with Crippen LogP contribution in [0.2, 0.25) is 0 Å². The molecule has 0 amide bonds. The Balaban J connectivity index is 1.87. The summed E-state index contributed by atoms with van der Waals surface area (Å²) < 4.78 is 0. The third kappa shape index (κ3) is 2.01. The van der Waals surface area contributed by atoms with Crippen LogP contribution in [0.25, 0.3) is 33.3 Å². The van der Waals surface area contributed by atoms with Crippen LogP contribution in [-0.4, -0.2) is 22.0 Å². The minimum atomic E-state index is 0.879. The third-order valence-electron chi connectivity index (χ3n) is 3.65. The fourth-order valence-corrected chi connectivity index (χ4v) is 2.52. The monoisotopic (exact) mass is 274 g/mol.